The standard InChI is InChI=1S/C16H16N6/c1-2-4-13-11(3-1)7-8-16(13)9-12(16)10-17-14-5-6-15-18-20-21-22(15)19-14/h1-6,12H,7-10H2,(H,17,19)/t12-,16+/m1/s1. The van der Waals surface area contributed by atoms with Gasteiger partial charge in [0.2, 0.25) is 0 Å². The summed E-state index contributed by atoms with van der Waals surface area (Å²) >= 11 is 0. The van der Waals surface area contributed by atoms with Crippen LogP contribution in [0.1, 0.15) is 24.0 Å². The highest BCUT2D eigenvalue weighted by Gasteiger charge is 2.57. The molecule has 6 heteroatoms. The summed E-state index contributed by atoms with van der Waals surface area (Å²) in [6, 6.07) is 12.7. The van der Waals surface area contributed by atoms with E-state index in [0.717, 1.165) is 12.4 Å². The average Bonchev–Trinajstić information content (AvgIpc) is 2.90. The van der Waals surface area contributed by atoms with E-state index in [4.69, 9.17) is 0 Å². The van der Waals surface area contributed by atoms with Gasteiger partial charge in [0.15, 0.2) is 5.65 Å². The lowest BCUT2D eigenvalue weighted by atomic mass is 9.95. The maximum Gasteiger partial charge on any atom is 0.200 e. The van der Waals surface area contributed by atoms with E-state index < -0.39 is 0 Å². The van der Waals surface area contributed by atoms with E-state index in [9.17, 15) is 0 Å². The van der Waals surface area contributed by atoms with Crippen LogP contribution in [-0.2, 0) is 11.8 Å². The molecule has 110 valence electrons. The minimum Gasteiger partial charge on any atom is -0.368 e. The van der Waals surface area contributed by atoms with Crippen molar-refractivity contribution < 1.29 is 0 Å². The number of hydrogen-bond acceptors (Lipinski definition) is 5. The fourth-order valence-electron chi connectivity index (χ4n) is 3.97. The molecule has 1 fully saturated rings. The lowest BCUT2D eigenvalue weighted by Gasteiger charge is -2.12. The van der Waals surface area contributed by atoms with Gasteiger partial charge in [0.1, 0.15) is 5.82 Å². The summed E-state index contributed by atoms with van der Waals surface area (Å²) in [5, 5.41) is 19.1. The van der Waals surface area contributed by atoms with Crippen LogP contribution in [0.15, 0.2) is 36.4 Å². The molecular weight excluding hydrogens is 276 g/mol. The Morgan fingerprint density at radius 2 is 2.18 bits per heavy atom. The third-order valence-corrected chi connectivity index (χ3v) is 5.23. The first-order valence-electron chi connectivity index (χ1n) is 7.73. The number of nitrogens with zero attached hydrogens (tertiary/aromatic N) is 5. The van der Waals surface area contributed by atoms with E-state index in [-0.39, 0.29) is 0 Å². The van der Waals surface area contributed by atoms with Gasteiger partial charge in [0.25, 0.3) is 0 Å². The van der Waals surface area contributed by atoms with Crippen molar-refractivity contribution in [1.29, 1.82) is 0 Å². The zero-order valence-electron chi connectivity index (χ0n) is 12.1. The Labute approximate surface area is 127 Å². The largest absolute Gasteiger partial charge is 0.368 e. The Bertz CT molecular complexity index is 856. The molecule has 0 saturated heterocycles. The summed E-state index contributed by atoms with van der Waals surface area (Å²) in [4.78, 5) is 0. The van der Waals surface area contributed by atoms with Crippen molar-refractivity contribution in [2.45, 2.75) is 24.7 Å². The maximum absolute atomic E-state index is 4.36. The number of fused-ring (bicyclic) bond motifs is 3. The molecular formula is C16H16N6. The summed E-state index contributed by atoms with van der Waals surface area (Å²) in [5.41, 5.74) is 4.20. The fraction of sp³-hybridized carbons (Fsp3) is 0.375. The molecule has 2 atom stereocenters. The zero-order valence-corrected chi connectivity index (χ0v) is 12.1. The van der Waals surface area contributed by atoms with Crippen LogP contribution in [0.5, 0.6) is 0 Å². The smallest absolute Gasteiger partial charge is 0.200 e. The number of aryl methyl sites for hydroxylation is 1. The second kappa shape index (κ2) is 4.25. The summed E-state index contributed by atoms with van der Waals surface area (Å²) in [5.74, 6) is 1.52. The van der Waals surface area contributed by atoms with Gasteiger partial charge in [-0.15, -0.1) is 14.8 Å². The van der Waals surface area contributed by atoms with Gasteiger partial charge in [0, 0.05) is 12.0 Å². The Hall–Kier alpha value is -2.50. The van der Waals surface area contributed by atoms with Gasteiger partial charge in [-0.25, -0.2) is 0 Å². The van der Waals surface area contributed by atoms with E-state index in [0.29, 0.717) is 17.0 Å². The molecule has 0 aliphatic heterocycles. The van der Waals surface area contributed by atoms with Crippen molar-refractivity contribution in [2.24, 2.45) is 5.92 Å². The average molecular weight is 292 g/mol. The van der Waals surface area contributed by atoms with E-state index in [1.165, 1.54) is 23.9 Å². The number of hydrogen-bond donors (Lipinski definition) is 1. The van der Waals surface area contributed by atoms with Crippen LogP contribution in [0.3, 0.4) is 0 Å². The highest BCUT2D eigenvalue weighted by molar-refractivity contribution is 5.47. The Morgan fingerprint density at radius 1 is 1.23 bits per heavy atom. The second-order valence-corrected chi connectivity index (χ2v) is 6.34. The molecule has 6 nitrogen and oxygen atoms in total. The van der Waals surface area contributed by atoms with E-state index >= 15 is 0 Å². The molecule has 2 heterocycles. The number of tetrazole rings is 1. The Balaban J connectivity index is 1.32. The van der Waals surface area contributed by atoms with Crippen LogP contribution in [0, 0.1) is 5.92 Å². The molecule has 0 unspecified atom stereocenters. The summed E-state index contributed by atoms with van der Waals surface area (Å²) in [6.45, 7) is 0.953. The van der Waals surface area contributed by atoms with Gasteiger partial charge in [-0.05, 0) is 58.9 Å². The third kappa shape index (κ3) is 1.66. The molecule has 0 amide bonds. The van der Waals surface area contributed by atoms with Gasteiger partial charge < -0.3 is 5.32 Å². The summed E-state index contributed by atoms with van der Waals surface area (Å²) in [7, 11) is 0. The Kier molecular flexibility index (Phi) is 2.34. The summed E-state index contributed by atoms with van der Waals surface area (Å²) < 4.78 is 1.45. The van der Waals surface area contributed by atoms with Crippen molar-refractivity contribution in [3.05, 3.63) is 47.5 Å². The minimum atomic E-state index is 0.419. The monoisotopic (exact) mass is 292 g/mol. The first kappa shape index (κ1) is 12.1. The van der Waals surface area contributed by atoms with Gasteiger partial charge in [-0.2, -0.15) is 0 Å². The normalized spacial score (nSPS) is 25.5. The number of aromatic nitrogens is 5. The maximum atomic E-state index is 4.36. The van der Waals surface area contributed by atoms with E-state index in [1.54, 1.807) is 11.1 Å². The van der Waals surface area contributed by atoms with Gasteiger partial charge in [-0.1, -0.05) is 24.3 Å². The van der Waals surface area contributed by atoms with Crippen molar-refractivity contribution in [3.63, 3.8) is 0 Å². The Morgan fingerprint density at radius 3 is 3.18 bits per heavy atom. The molecule has 1 saturated carbocycles. The highest BCUT2D eigenvalue weighted by Crippen LogP contribution is 2.61. The minimum absolute atomic E-state index is 0.419. The fourth-order valence-corrected chi connectivity index (χ4v) is 3.97. The molecule has 1 aromatic carbocycles. The topological polar surface area (TPSA) is 68.0 Å². The molecule has 22 heavy (non-hydrogen) atoms. The first-order chi connectivity index (χ1) is 10.9. The zero-order chi connectivity index (χ0) is 14.6. The SMILES string of the molecule is c1ccc2c(c1)CC[C@@]21C[C@@H]1CNc1ccc2nnnn2n1. The molecule has 2 aromatic heterocycles. The van der Waals surface area contributed by atoms with Crippen molar-refractivity contribution in [1.82, 2.24) is 25.3 Å². The molecule has 2 aliphatic rings. The molecule has 0 bridgehead atoms. The van der Waals surface area contributed by atoms with Crippen molar-refractivity contribution >= 4 is 11.5 Å². The molecule has 0 radical (unpaired) electrons. The van der Waals surface area contributed by atoms with Crippen LogP contribution in [0.4, 0.5) is 5.82 Å². The van der Waals surface area contributed by atoms with Crippen molar-refractivity contribution in [3.8, 4) is 0 Å². The molecule has 1 N–H and O–H groups in total. The third-order valence-electron chi connectivity index (χ3n) is 5.23. The van der Waals surface area contributed by atoms with E-state index in [1.807, 2.05) is 12.1 Å². The molecule has 3 aromatic rings. The molecule has 5 rings (SSSR count). The van der Waals surface area contributed by atoms with Gasteiger partial charge in [0.05, 0.1) is 0 Å². The summed E-state index contributed by atoms with van der Waals surface area (Å²) in [6.07, 6.45) is 3.80. The molecule has 2 aliphatic carbocycles. The van der Waals surface area contributed by atoms with Crippen LogP contribution >= 0.6 is 0 Å². The number of benzene rings is 1. The van der Waals surface area contributed by atoms with Gasteiger partial charge in [-0.3, -0.25) is 0 Å². The second-order valence-electron chi connectivity index (χ2n) is 6.34. The van der Waals surface area contributed by atoms with Crippen LogP contribution in [0.2, 0.25) is 0 Å². The predicted molar refractivity (Wildman–Crippen MR) is 81.6 cm³/mol. The highest BCUT2D eigenvalue weighted by atomic mass is 15.6. The van der Waals surface area contributed by atoms with Crippen molar-refractivity contribution in [2.75, 3.05) is 11.9 Å². The lowest BCUT2D eigenvalue weighted by Crippen LogP contribution is -2.14. The number of anilines is 1. The predicted octanol–water partition coefficient (Wildman–Crippen LogP) is 1.84. The number of nitrogens with one attached hydrogen (secondary N) is 1. The lowest BCUT2D eigenvalue weighted by molar-refractivity contribution is 0.608. The van der Waals surface area contributed by atoms with Crippen LogP contribution < -0.4 is 5.32 Å². The van der Waals surface area contributed by atoms with Crippen LogP contribution in [0.25, 0.3) is 5.65 Å². The van der Waals surface area contributed by atoms with Gasteiger partial charge >= 0.3 is 0 Å². The van der Waals surface area contributed by atoms with E-state index in [2.05, 4.69) is 50.2 Å². The van der Waals surface area contributed by atoms with Crippen LogP contribution in [-0.4, -0.2) is 31.8 Å². The number of rotatable bonds is 3. The first-order valence-corrected chi connectivity index (χ1v) is 7.73. The quantitative estimate of drug-likeness (QED) is 0.797. The molecule has 1 spiro atoms.